The fourth-order valence-corrected chi connectivity index (χ4v) is 4.40. The number of nitrogens with zero attached hydrogens (tertiary/aromatic N) is 3. The van der Waals surface area contributed by atoms with Crippen LogP contribution >= 0.6 is 0 Å². The smallest absolute Gasteiger partial charge is 0.223 e. The van der Waals surface area contributed by atoms with Crippen LogP contribution in [0, 0.1) is 5.41 Å². The van der Waals surface area contributed by atoms with E-state index in [1.807, 2.05) is 0 Å². The second-order valence-corrected chi connectivity index (χ2v) is 8.03. The number of piperazine rings is 1. The number of amides is 1. The van der Waals surface area contributed by atoms with Crippen molar-refractivity contribution in [2.75, 3.05) is 58.9 Å². The third kappa shape index (κ3) is 4.25. The van der Waals surface area contributed by atoms with Gasteiger partial charge in [0.2, 0.25) is 5.91 Å². The first-order chi connectivity index (χ1) is 11.1. The Morgan fingerprint density at radius 1 is 1.00 bits per heavy atom. The molecule has 1 amide bonds. The molecular weight excluding hydrogens is 288 g/mol. The first-order valence-electron chi connectivity index (χ1n) is 9.53. The zero-order valence-electron chi connectivity index (χ0n) is 15.0. The van der Waals surface area contributed by atoms with Crippen molar-refractivity contribution in [1.29, 1.82) is 0 Å². The fraction of sp³-hybridized carbons (Fsp3) is 0.944. The fourth-order valence-electron chi connectivity index (χ4n) is 4.40. The Bertz CT molecular complexity index is 398. The monoisotopic (exact) mass is 322 g/mol. The molecule has 3 fully saturated rings. The summed E-state index contributed by atoms with van der Waals surface area (Å²) in [5, 5.41) is 3.43. The lowest BCUT2D eigenvalue weighted by Gasteiger charge is -2.44. The van der Waals surface area contributed by atoms with E-state index in [0.29, 0.717) is 17.4 Å². The van der Waals surface area contributed by atoms with Crippen LogP contribution in [-0.4, -0.2) is 85.6 Å². The highest BCUT2D eigenvalue weighted by molar-refractivity contribution is 5.77. The molecule has 0 radical (unpaired) electrons. The van der Waals surface area contributed by atoms with E-state index >= 15 is 0 Å². The van der Waals surface area contributed by atoms with Crippen molar-refractivity contribution in [2.45, 2.75) is 45.6 Å². The topological polar surface area (TPSA) is 38.8 Å². The molecule has 0 aromatic heterocycles. The van der Waals surface area contributed by atoms with Crippen LogP contribution in [-0.2, 0) is 4.79 Å². The van der Waals surface area contributed by atoms with Gasteiger partial charge in [-0.05, 0) is 51.6 Å². The number of nitrogens with one attached hydrogen (secondary N) is 1. The Hall–Kier alpha value is -0.650. The summed E-state index contributed by atoms with van der Waals surface area (Å²) >= 11 is 0. The lowest BCUT2D eigenvalue weighted by atomic mass is 9.71. The molecule has 0 aromatic carbocycles. The molecule has 3 heterocycles. The Balaban J connectivity index is 1.41. The van der Waals surface area contributed by atoms with Crippen LogP contribution in [0.25, 0.3) is 0 Å². The summed E-state index contributed by atoms with van der Waals surface area (Å²) in [6.45, 7) is 14.3. The molecule has 3 saturated heterocycles. The second kappa shape index (κ2) is 7.49. The van der Waals surface area contributed by atoms with Crippen LogP contribution in [0.1, 0.15) is 39.5 Å². The summed E-state index contributed by atoms with van der Waals surface area (Å²) in [7, 11) is 0. The van der Waals surface area contributed by atoms with Crippen LogP contribution < -0.4 is 5.32 Å². The largest absolute Gasteiger partial charge is 0.341 e. The number of likely N-dealkylation sites (tertiary alicyclic amines) is 1. The zero-order valence-corrected chi connectivity index (χ0v) is 15.0. The predicted octanol–water partition coefficient (Wildman–Crippen LogP) is 1.00. The van der Waals surface area contributed by atoms with Crippen LogP contribution in [0.15, 0.2) is 0 Å². The number of carbonyl (C=O) groups excluding carboxylic acids is 1. The van der Waals surface area contributed by atoms with E-state index < -0.39 is 0 Å². The van der Waals surface area contributed by atoms with Gasteiger partial charge in [0.05, 0.1) is 0 Å². The van der Waals surface area contributed by atoms with Gasteiger partial charge in [-0.2, -0.15) is 0 Å². The van der Waals surface area contributed by atoms with Gasteiger partial charge in [-0.25, -0.2) is 0 Å². The molecule has 1 N–H and O–H groups in total. The van der Waals surface area contributed by atoms with Gasteiger partial charge in [0.1, 0.15) is 0 Å². The molecule has 1 spiro atoms. The molecule has 0 atom stereocenters. The van der Waals surface area contributed by atoms with E-state index in [1.165, 1.54) is 32.4 Å². The lowest BCUT2D eigenvalue weighted by Crippen LogP contribution is -2.52. The first-order valence-corrected chi connectivity index (χ1v) is 9.53. The maximum Gasteiger partial charge on any atom is 0.223 e. The highest BCUT2D eigenvalue weighted by atomic mass is 16.2. The Morgan fingerprint density at radius 3 is 2.30 bits per heavy atom. The molecule has 0 aromatic rings. The van der Waals surface area contributed by atoms with Gasteiger partial charge in [0.25, 0.3) is 0 Å². The summed E-state index contributed by atoms with van der Waals surface area (Å²) in [4.78, 5) is 19.8. The van der Waals surface area contributed by atoms with Crippen molar-refractivity contribution < 1.29 is 4.79 Å². The summed E-state index contributed by atoms with van der Waals surface area (Å²) < 4.78 is 0. The highest BCUT2D eigenvalue weighted by Crippen LogP contribution is 2.39. The van der Waals surface area contributed by atoms with Gasteiger partial charge in [-0.1, -0.05) is 0 Å². The zero-order chi connectivity index (χ0) is 16.3. The predicted molar refractivity (Wildman–Crippen MR) is 93.5 cm³/mol. The standard InChI is InChI=1S/C18H34N4O/c1-16(2)21-12-9-20(10-13-21)11-14-22-8-5-18(15-17(22)23)3-6-19-7-4-18/h16,19H,3-15H2,1-2H3. The van der Waals surface area contributed by atoms with Gasteiger partial charge in [0, 0.05) is 58.3 Å². The molecule has 23 heavy (non-hydrogen) atoms. The normalized spacial score (nSPS) is 27.1. The van der Waals surface area contributed by atoms with Crippen molar-refractivity contribution in [1.82, 2.24) is 20.0 Å². The summed E-state index contributed by atoms with van der Waals surface area (Å²) in [5.41, 5.74) is 0.321. The van der Waals surface area contributed by atoms with Gasteiger partial charge in [-0.3, -0.25) is 14.6 Å². The summed E-state index contributed by atoms with van der Waals surface area (Å²) in [6.07, 6.45) is 4.37. The third-order valence-electron chi connectivity index (χ3n) is 6.28. The minimum Gasteiger partial charge on any atom is -0.341 e. The number of rotatable bonds is 4. The van der Waals surface area contributed by atoms with E-state index in [0.717, 1.165) is 52.2 Å². The van der Waals surface area contributed by atoms with Gasteiger partial charge in [-0.15, -0.1) is 0 Å². The van der Waals surface area contributed by atoms with E-state index in [2.05, 4.69) is 33.9 Å². The molecule has 132 valence electrons. The third-order valence-corrected chi connectivity index (χ3v) is 6.28. The van der Waals surface area contributed by atoms with E-state index in [4.69, 9.17) is 0 Å². The van der Waals surface area contributed by atoms with E-state index in [9.17, 15) is 4.79 Å². The maximum atomic E-state index is 12.6. The lowest BCUT2D eigenvalue weighted by molar-refractivity contribution is -0.139. The minimum absolute atomic E-state index is 0.321. The van der Waals surface area contributed by atoms with Crippen molar-refractivity contribution >= 4 is 5.91 Å². The molecule has 0 unspecified atom stereocenters. The molecule has 0 aliphatic carbocycles. The van der Waals surface area contributed by atoms with Crippen LogP contribution in [0.2, 0.25) is 0 Å². The average molecular weight is 322 g/mol. The van der Waals surface area contributed by atoms with Crippen molar-refractivity contribution in [3.8, 4) is 0 Å². The van der Waals surface area contributed by atoms with Crippen molar-refractivity contribution in [3.63, 3.8) is 0 Å². The first kappa shape index (κ1) is 17.2. The molecule has 3 aliphatic rings. The second-order valence-electron chi connectivity index (χ2n) is 8.03. The molecule has 3 aliphatic heterocycles. The number of piperidine rings is 2. The van der Waals surface area contributed by atoms with Crippen molar-refractivity contribution in [2.24, 2.45) is 5.41 Å². The van der Waals surface area contributed by atoms with Crippen LogP contribution in [0.4, 0.5) is 0 Å². The van der Waals surface area contributed by atoms with Gasteiger partial charge < -0.3 is 10.2 Å². The molecule has 0 saturated carbocycles. The summed E-state index contributed by atoms with van der Waals surface area (Å²) in [6, 6.07) is 0.655. The van der Waals surface area contributed by atoms with Gasteiger partial charge in [0.15, 0.2) is 0 Å². The van der Waals surface area contributed by atoms with E-state index in [1.54, 1.807) is 0 Å². The Kier molecular flexibility index (Phi) is 5.60. The average Bonchev–Trinajstić information content (AvgIpc) is 2.55. The van der Waals surface area contributed by atoms with Crippen LogP contribution in [0.3, 0.4) is 0 Å². The molecular formula is C18H34N4O. The Labute approximate surface area is 141 Å². The highest BCUT2D eigenvalue weighted by Gasteiger charge is 2.39. The summed E-state index contributed by atoms with van der Waals surface area (Å²) in [5.74, 6) is 0.402. The molecule has 0 bridgehead atoms. The van der Waals surface area contributed by atoms with Crippen LogP contribution in [0.5, 0.6) is 0 Å². The molecule has 5 heteroatoms. The molecule has 5 nitrogen and oxygen atoms in total. The van der Waals surface area contributed by atoms with Crippen molar-refractivity contribution in [3.05, 3.63) is 0 Å². The Morgan fingerprint density at radius 2 is 1.70 bits per heavy atom. The quantitative estimate of drug-likeness (QED) is 0.838. The number of hydrogen-bond donors (Lipinski definition) is 1. The maximum absolute atomic E-state index is 12.6. The minimum atomic E-state index is 0.321. The number of hydrogen-bond acceptors (Lipinski definition) is 4. The molecule has 3 rings (SSSR count). The SMILES string of the molecule is CC(C)N1CCN(CCN2CCC3(CCNCC3)CC2=O)CC1. The van der Waals surface area contributed by atoms with E-state index in [-0.39, 0.29) is 0 Å². The van der Waals surface area contributed by atoms with Gasteiger partial charge >= 0.3 is 0 Å². The number of carbonyl (C=O) groups is 1.